The standard InChI is InChI=1S/C12H16N2OS/c1-3-13-10(8-12-14-6-7-16-12)11-5-4-9(2)15-11/h4-7,10,13H,3,8H2,1-2H3. The van der Waals surface area contributed by atoms with Crippen LogP contribution in [0.5, 0.6) is 0 Å². The van der Waals surface area contributed by atoms with Gasteiger partial charge in [0.05, 0.1) is 11.0 Å². The second kappa shape index (κ2) is 5.27. The monoisotopic (exact) mass is 236 g/mol. The number of furan rings is 1. The van der Waals surface area contributed by atoms with E-state index in [1.54, 1.807) is 11.3 Å². The Balaban J connectivity index is 2.11. The zero-order chi connectivity index (χ0) is 11.4. The van der Waals surface area contributed by atoms with Crippen LogP contribution in [0.4, 0.5) is 0 Å². The van der Waals surface area contributed by atoms with E-state index in [9.17, 15) is 0 Å². The van der Waals surface area contributed by atoms with Gasteiger partial charge < -0.3 is 9.73 Å². The first-order valence-electron chi connectivity index (χ1n) is 5.47. The van der Waals surface area contributed by atoms with Crippen LogP contribution in [0.25, 0.3) is 0 Å². The van der Waals surface area contributed by atoms with E-state index in [1.807, 2.05) is 30.6 Å². The lowest BCUT2D eigenvalue weighted by Gasteiger charge is -2.13. The molecule has 16 heavy (non-hydrogen) atoms. The molecule has 0 radical (unpaired) electrons. The molecule has 86 valence electrons. The van der Waals surface area contributed by atoms with E-state index >= 15 is 0 Å². The van der Waals surface area contributed by atoms with Crippen molar-refractivity contribution in [2.24, 2.45) is 0 Å². The summed E-state index contributed by atoms with van der Waals surface area (Å²) >= 11 is 1.69. The third-order valence-electron chi connectivity index (χ3n) is 2.42. The summed E-state index contributed by atoms with van der Waals surface area (Å²) in [6, 6.07) is 4.27. The van der Waals surface area contributed by atoms with Crippen LogP contribution in [0, 0.1) is 6.92 Å². The smallest absolute Gasteiger partial charge is 0.121 e. The van der Waals surface area contributed by atoms with Gasteiger partial charge in [0.1, 0.15) is 11.5 Å². The molecule has 2 heterocycles. The Labute approximate surface area is 99.5 Å². The molecule has 2 aromatic rings. The SMILES string of the molecule is CCNC(Cc1nccs1)c1ccc(C)o1. The Morgan fingerprint density at radius 1 is 1.50 bits per heavy atom. The summed E-state index contributed by atoms with van der Waals surface area (Å²) in [5, 5.41) is 6.57. The van der Waals surface area contributed by atoms with Crippen LogP contribution in [0.15, 0.2) is 28.1 Å². The number of nitrogens with zero attached hydrogens (tertiary/aromatic N) is 1. The number of aryl methyl sites for hydroxylation is 1. The number of nitrogens with one attached hydrogen (secondary N) is 1. The Hall–Kier alpha value is -1.13. The minimum absolute atomic E-state index is 0.227. The molecular weight excluding hydrogens is 220 g/mol. The molecule has 1 unspecified atom stereocenters. The van der Waals surface area contributed by atoms with Crippen LogP contribution in [0.3, 0.4) is 0 Å². The fourth-order valence-corrected chi connectivity index (χ4v) is 2.35. The van der Waals surface area contributed by atoms with Gasteiger partial charge in [-0.15, -0.1) is 11.3 Å². The molecule has 0 aliphatic heterocycles. The number of hydrogen-bond donors (Lipinski definition) is 1. The minimum atomic E-state index is 0.227. The minimum Gasteiger partial charge on any atom is -0.465 e. The third-order valence-corrected chi connectivity index (χ3v) is 3.22. The molecule has 2 rings (SSSR count). The molecular formula is C12H16N2OS. The van der Waals surface area contributed by atoms with Crippen molar-refractivity contribution in [1.29, 1.82) is 0 Å². The Morgan fingerprint density at radius 2 is 2.38 bits per heavy atom. The quantitative estimate of drug-likeness (QED) is 0.867. The van der Waals surface area contributed by atoms with Gasteiger partial charge in [0.25, 0.3) is 0 Å². The van der Waals surface area contributed by atoms with Crippen molar-refractivity contribution < 1.29 is 4.42 Å². The van der Waals surface area contributed by atoms with Gasteiger partial charge in [-0.3, -0.25) is 0 Å². The fourth-order valence-electron chi connectivity index (χ4n) is 1.69. The van der Waals surface area contributed by atoms with E-state index in [1.165, 1.54) is 0 Å². The molecule has 0 spiro atoms. The Kier molecular flexibility index (Phi) is 3.74. The van der Waals surface area contributed by atoms with Crippen molar-refractivity contribution in [3.05, 3.63) is 40.2 Å². The highest BCUT2D eigenvalue weighted by molar-refractivity contribution is 7.09. The molecule has 0 saturated heterocycles. The van der Waals surface area contributed by atoms with Crippen molar-refractivity contribution in [3.8, 4) is 0 Å². The number of thiazole rings is 1. The molecule has 0 aromatic carbocycles. The summed E-state index contributed by atoms with van der Waals surface area (Å²) in [7, 11) is 0. The second-order valence-electron chi connectivity index (χ2n) is 3.69. The highest BCUT2D eigenvalue weighted by Crippen LogP contribution is 2.21. The molecule has 0 fully saturated rings. The first kappa shape index (κ1) is 11.4. The van der Waals surface area contributed by atoms with Crippen molar-refractivity contribution in [2.45, 2.75) is 26.3 Å². The fraction of sp³-hybridized carbons (Fsp3) is 0.417. The normalized spacial score (nSPS) is 12.9. The third kappa shape index (κ3) is 2.71. The second-order valence-corrected chi connectivity index (χ2v) is 4.67. The Bertz CT molecular complexity index is 422. The van der Waals surface area contributed by atoms with Gasteiger partial charge in [-0.1, -0.05) is 6.92 Å². The summed E-state index contributed by atoms with van der Waals surface area (Å²) in [6.07, 6.45) is 2.73. The predicted octanol–water partition coefficient (Wildman–Crippen LogP) is 2.94. The van der Waals surface area contributed by atoms with Gasteiger partial charge >= 0.3 is 0 Å². The van der Waals surface area contributed by atoms with Crippen LogP contribution in [0.1, 0.15) is 29.5 Å². The van der Waals surface area contributed by atoms with Gasteiger partial charge in [0.15, 0.2) is 0 Å². The molecule has 1 N–H and O–H groups in total. The van der Waals surface area contributed by atoms with E-state index in [4.69, 9.17) is 4.42 Å². The lowest BCUT2D eigenvalue weighted by atomic mass is 10.1. The lowest BCUT2D eigenvalue weighted by molar-refractivity contribution is 0.403. The summed E-state index contributed by atoms with van der Waals surface area (Å²) in [4.78, 5) is 4.31. The van der Waals surface area contributed by atoms with Gasteiger partial charge in [-0.2, -0.15) is 0 Å². The Morgan fingerprint density at radius 3 is 2.94 bits per heavy atom. The highest BCUT2D eigenvalue weighted by Gasteiger charge is 2.15. The number of hydrogen-bond acceptors (Lipinski definition) is 4. The molecule has 3 nitrogen and oxygen atoms in total. The zero-order valence-electron chi connectivity index (χ0n) is 9.56. The van der Waals surface area contributed by atoms with Gasteiger partial charge in [0.2, 0.25) is 0 Å². The van der Waals surface area contributed by atoms with Gasteiger partial charge in [-0.25, -0.2) is 4.98 Å². The molecule has 0 saturated carbocycles. The van der Waals surface area contributed by atoms with Gasteiger partial charge in [0, 0.05) is 18.0 Å². The average Bonchev–Trinajstić information content (AvgIpc) is 2.88. The van der Waals surface area contributed by atoms with E-state index in [2.05, 4.69) is 17.2 Å². The maximum absolute atomic E-state index is 5.66. The number of aromatic nitrogens is 1. The van der Waals surface area contributed by atoms with Crippen molar-refractivity contribution in [2.75, 3.05) is 6.54 Å². The van der Waals surface area contributed by atoms with Crippen LogP contribution in [-0.4, -0.2) is 11.5 Å². The molecule has 1 atom stereocenters. The molecule has 0 amide bonds. The molecule has 0 aliphatic carbocycles. The van der Waals surface area contributed by atoms with E-state index in [0.29, 0.717) is 0 Å². The zero-order valence-corrected chi connectivity index (χ0v) is 10.4. The van der Waals surface area contributed by atoms with Crippen LogP contribution < -0.4 is 5.32 Å². The topological polar surface area (TPSA) is 38.1 Å². The van der Waals surface area contributed by atoms with Crippen molar-refractivity contribution in [3.63, 3.8) is 0 Å². The van der Waals surface area contributed by atoms with Crippen LogP contribution in [0.2, 0.25) is 0 Å². The van der Waals surface area contributed by atoms with Crippen LogP contribution >= 0.6 is 11.3 Å². The van der Waals surface area contributed by atoms with Crippen molar-refractivity contribution in [1.82, 2.24) is 10.3 Å². The first-order chi connectivity index (χ1) is 7.79. The summed E-state index contributed by atoms with van der Waals surface area (Å²) < 4.78 is 5.66. The first-order valence-corrected chi connectivity index (χ1v) is 6.35. The highest BCUT2D eigenvalue weighted by atomic mass is 32.1. The molecule has 2 aromatic heterocycles. The maximum atomic E-state index is 5.66. The lowest BCUT2D eigenvalue weighted by Crippen LogP contribution is -2.22. The van der Waals surface area contributed by atoms with Gasteiger partial charge in [-0.05, 0) is 25.6 Å². The average molecular weight is 236 g/mol. The van der Waals surface area contributed by atoms with E-state index in [-0.39, 0.29) is 6.04 Å². The van der Waals surface area contributed by atoms with Crippen LogP contribution in [-0.2, 0) is 6.42 Å². The predicted molar refractivity (Wildman–Crippen MR) is 65.7 cm³/mol. The molecule has 0 aliphatic rings. The number of rotatable bonds is 5. The van der Waals surface area contributed by atoms with E-state index < -0.39 is 0 Å². The summed E-state index contributed by atoms with van der Waals surface area (Å²) in [5.74, 6) is 1.95. The molecule has 0 bridgehead atoms. The van der Waals surface area contributed by atoms with E-state index in [0.717, 1.165) is 29.5 Å². The molecule has 4 heteroatoms. The maximum Gasteiger partial charge on any atom is 0.121 e. The van der Waals surface area contributed by atoms with Crippen molar-refractivity contribution >= 4 is 11.3 Å². The summed E-state index contributed by atoms with van der Waals surface area (Å²) in [6.45, 7) is 5.00. The largest absolute Gasteiger partial charge is 0.465 e. The number of likely N-dealkylation sites (N-methyl/N-ethyl adjacent to an activating group) is 1. The summed E-state index contributed by atoms with van der Waals surface area (Å²) in [5.41, 5.74) is 0.